The topological polar surface area (TPSA) is 80.3 Å². The summed E-state index contributed by atoms with van der Waals surface area (Å²) in [6.45, 7) is 7.39. The maximum Gasteiger partial charge on any atom is 0.264 e. The van der Waals surface area contributed by atoms with Crippen molar-refractivity contribution < 1.29 is 18.0 Å². The zero-order chi connectivity index (χ0) is 16.9. The van der Waals surface area contributed by atoms with E-state index in [1.165, 1.54) is 31.2 Å². The Balaban J connectivity index is 2.81. The zero-order valence-electron chi connectivity index (χ0n) is 13.4. The first-order valence-corrected chi connectivity index (χ1v) is 8.76. The zero-order valence-corrected chi connectivity index (χ0v) is 14.2. The quantitative estimate of drug-likeness (QED) is 0.782. The molecule has 1 aromatic rings. The number of ketones is 1. The molecule has 1 aromatic carbocycles. The lowest BCUT2D eigenvalue weighted by molar-refractivity contribution is -0.120. The largest absolute Gasteiger partial charge is 0.295 e. The highest BCUT2D eigenvalue weighted by Crippen LogP contribution is 2.16. The molecule has 1 unspecified atom stereocenters. The molecule has 0 fully saturated rings. The number of benzene rings is 1. The molecule has 6 heteroatoms. The van der Waals surface area contributed by atoms with E-state index in [2.05, 4.69) is 18.6 Å². The molecule has 0 heterocycles. The molecule has 5 nitrogen and oxygen atoms in total. The Labute approximate surface area is 132 Å². The van der Waals surface area contributed by atoms with E-state index in [1.807, 2.05) is 6.92 Å². The van der Waals surface area contributed by atoms with E-state index in [1.54, 1.807) is 0 Å². The number of carbonyl (C=O) groups excluding carboxylic acids is 2. The Bertz CT molecular complexity index is 650. The average Bonchev–Trinajstić information content (AvgIpc) is 2.36. The summed E-state index contributed by atoms with van der Waals surface area (Å²) in [6.07, 6.45) is 1.01. The van der Waals surface area contributed by atoms with E-state index in [-0.39, 0.29) is 23.0 Å². The lowest BCUT2D eigenvalue weighted by atomic mass is 9.96. The van der Waals surface area contributed by atoms with Gasteiger partial charge in [0.2, 0.25) is 5.91 Å². The monoisotopic (exact) mass is 325 g/mol. The van der Waals surface area contributed by atoms with Crippen LogP contribution in [0.5, 0.6) is 0 Å². The lowest BCUT2D eigenvalue weighted by Gasteiger charge is -2.14. The van der Waals surface area contributed by atoms with Crippen LogP contribution >= 0.6 is 0 Å². The summed E-state index contributed by atoms with van der Waals surface area (Å²) in [6, 6.07) is 5.65. The highest BCUT2D eigenvalue weighted by molar-refractivity contribution is 7.90. The van der Waals surface area contributed by atoms with Gasteiger partial charge >= 0.3 is 0 Å². The second-order valence-corrected chi connectivity index (χ2v) is 7.73. The van der Waals surface area contributed by atoms with Gasteiger partial charge in [-0.25, -0.2) is 13.1 Å². The Morgan fingerprint density at radius 2 is 1.82 bits per heavy atom. The standard InChI is InChI=1S/C16H23NO4S/c1-11(2)8-12(3)9-16(19)17-22(20,21)15-7-5-6-14(10-15)13(4)18/h5-7,10-12H,8-9H2,1-4H3,(H,17,19). The van der Waals surface area contributed by atoms with Crippen LogP contribution in [-0.4, -0.2) is 20.1 Å². The number of sulfonamides is 1. The third-order valence-electron chi connectivity index (χ3n) is 3.21. The first-order valence-electron chi connectivity index (χ1n) is 7.28. The van der Waals surface area contributed by atoms with Gasteiger partial charge in [-0.05, 0) is 37.3 Å². The molecule has 0 aromatic heterocycles. The summed E-state index contributed by atoms with van der Waals surface area (Å²) in [5, 5.41) is 0. The van der Waals surface area contributed by atoms with E-state index < -0.39 is 15.9 Å². The van der Waals surface area contributed by atoms with Crippen LogP contribution in [0, 0.1) is 11.8 Å². The molecule has 1 N–H and O–H groups in total. The van der Waals surface area contributed by atoms with Crippen LogP contribution < -0.4 is 4.72 Å². The molecule has 0 saturated carbocycles. The Hall–Kier alpha value is -1.69. The van der Waals surface area contributed by atoms with Gasteiger partial charge in [-0.2, -0.15) is 0 Å². The van der Waals surface area contributed by atoms with Gasteiger partial charge < -0.3 is 0 Å². The van der Waals surface area contributed by atoms with Gasteiger partial charge in [-0.1, -0.05) is 32.9 Å². The highest BCUT2D eigenvalue weighted by atomic mass is 32.2. The number of rotatable bonds is 7. The van der Waals surface area contributed by atoms with E-state index in [0.717, 1.165) is 6.42 Å². The summed E-state index contributed by atoms with van der Waals surface area (Å²) in [7, 11) is -3.94. The van der Waals surface area contributed by atoms with Crippen molar-refractivity contribution in [2.24, 2.45) is 11.8 Å². The molecule has 0 saturated heterocycles. The molecule has 1 amide bonds. The summed E-state index contributed by atoms with van der Waals surface area (Å²) >= 11 is 0. The number of Topliss-reactive ketones (excluding diaryl/α,β-unsaturated/α-hetero) is 1. The number of hydrogen-bond donors (Lipinski definition) is 1. The minimum absolute atomic E-state index is 0.0786. The van der Waals surface area contributed by atoms with Crippen molar-refractivity contribution in [1.82, 2.24) is 4.72 Å². The predicted octanol–water partition coefficient (Wildman–Crippen LogP) is 2.77. The molecule has 1 atom stereocenters. The lowest BCUT2D eigenvalue weighted by Crippen LogP contribution is -2.31. The highest BCUT2D eigenvalue weighted by Gasteiger charge is 2.20. The number of hydrogen-bond acceptors (Lipinski definition) is 4. The van der Waals surface area contributed by atoms with E-state index in [4.69, 9.17) is 0 Å². The Kier molecular flexibility index (Phi) is 6.29. The van der Waals surface area contributed by atoms with Gasteiger partial charge in [0.15, 0.2) is 5.78 Å². The fourth-order valence-electron chi connectivity index (χ4n) is 2.34. The van der Waals surface area contributed by atoms with Crippen LogP contribution in [0.15, 0.2) is 29.2 Å². The molecule has 0 spiro atoms. The fourth-order valence-corrected chi connectivity index (χ4v) is 3.38. The average molecular weight is 325 g/mol. The fraction of sp³-hybridized carbons (Fsp3) is 0.500. The van der Waals surface area contributed by atoms with Gasteiger partial charge in [-0.3, -0.25) is 9.59 Å². The maximum atomic E-state index is 12.2. The minimum Gasteiger partial charge on any atom is -0.295 e. The first kappa shape index (κ1) is 18.4. The van der Waals surface area contributed by atoms with Crippen LogP contribution in [0.3, 0.4) is 0 Å². The summed E-state index contributed by atoms with van der Waals surface area (Å²) in [5.74, 6) is -0.194. The van der Waals surface area contributed by atoms with Gasteiger partial charge in [-0.15, -0.1) is 0 Å². The molecule has 0 aliphatic rings. The van der Waals surface area contributed by atoms with Crippen molar-refractivity contribution >= 4 is 21.7 Å². The molecule has 0 bridgehead atoms. The van der Waals surface area contributed by atoms with Crippen LogP contribution in [0.2, 0.25) is 0 Å². The molecule has 0 radical (unpaired) electrons. The maximum absolute atomic E-state index is 12.2. The minimum atomic E-state index is -3.94. The van der Waals surface area contributed by atoms with Gasteiger partial charge in [0, 0.05) is 12.0 Å². The van der Waals surface area contributed by atoms with Crippen molar-refractivity contribution in [1.29, 1.82) is 0 Å². The first-order chi connectivity index (χ1) is 10.1. The van der Waals surface area contributed by atoms with E-state index in [9.17, 15) is 18.0 Å². The van der Waals surface area contributed by atoms with Gasteiger partial charge in [0.05, 0.1) is 4.90 Å². The van der Waals surface area contributed by atoms with E-state index >= 15 is 0 Å². The Morgan fingerprint density at radius 3 is 2.36 bits per heavy atom. The molecule has 22 heavy (non-hydrogen) atoms. The predicted molar refractivity (Wildman–Crippen MR) is 85.0 cm³/mol. The number of carbonyl (C=O) groups is 2. The smallest absolute Gasteiger partial charge is 0.264 e. The third-order valence-corrected chi connectivity index (χ3v) is 4.58. The summed E-state index contributed by atoms with van der Waals surface area (Å²) in [4.78, 5) is 23.1. The molecular formula is C16H23NO4S. The van der Waals surface area contributed by atoms with Gasteiger partial charge in [0.1, 0.15) is 0 Å². The van der Waals surface area contributed by atoms with Crippen molar-refractivity contribution in [3.8, 4) is 0 Å². The third kappa shape index (κ3) is 5.60. The van der Waals surface area contributed by atoms with Crippen molar-refractivity contribution in [3.63, 3.8) is 0 Å². The van der Waals surface area contributed by atoms with Crippen molar-refractivity contribution in [2.75, 3.05) is 0 Å². The summed E-state index contributed by atoms with van der Waals surface area (Å²) in [5.41, 5.74) is 0.295. The van der Waals surface area contributed by atoms with Crippen molar-refractivity contribution in [2.45, 2.75) is 45.4 Å². The molecule has 122 valence electrons. The SMILES string of the molecule is CC(=O)c1cccc(S(=O)(=O)NC(=O)CC(C)CC(C)C)c1. The summed E-state index contributed by atoms with van der Waals surface area (Å²) < 4.78 is 26.4. The van der Waals surface area contributed by atoms with Gasteiger partial charge in [0.25, 0.3) is 10.0 Å². The second-order valence-electron chi connectivity index (χ2n) is 6.05. The van der Waals surface area contributed by atoms with Crippen molar-refractivity contribution in [3.05, 3.63) is 29.8 Å². The normalized spacial score (nSPS) is 13.0. The molecular weight excluding hydrogens is 302 g/mol. The van der Waals surface area contributed by atoms with Crippen LogP contribution in [-0.2, 0) is 14.8 Å². The molecule has 1 rings (SSSR count). The second kappa shape index (κ2) is 7.54. The molecule has 0 aliphatic carbocycles. The van der Waals surface area contributed by atoms with E-state index in [0.29, 0.717) is 11.5 Å². The van der Waals surface area contributed by atoms with Crippen LogP contribution in [0.4, 0.5) is 0 Å². The number of nitrogens with one attached hydrogen (secondary N) is 1. The molecule has 0 aliphatic heterocycles. The van der Waals surface area contributed by atoms with Crippen LogP contribution in [0.25, 0.3) is 0 Å². The van der Waals surface area contributed by atoms with Crippen LogP contribution in [0.1, 0.15) is 50.9 Å². The number of amides is 1. The Morgan fingerprint density at radius 1 is 1.18 bits per heavy atom.